The van der Waals surface area contributed by atoms with Crippen LogP contribution < -0.4 is 16.6 Å². The second kappa shape index (κ2) is 11.7. The van der Waals surface area contributed by atoms with Crippen LogP contribution in [0, 0.1) is 6.92 Å². The van der Waals surface area contributed by atoms with Crippen LogP contribution in [0.5, 0.6) is 0 Å². The quantitative estimate of drug-likeness (QED) is 0.592. The zero-order chi connectivity index (χ0) is 16.5. The van der Waals surface area contributed by atoms with Crippen molar-refractivity contribution in [3.8, 4) is 0 Å². The van der Waals surface area contributed by atoms with Crippen LogP contribution in [0.1, 0.15) is 18.9 Å². The van der Waals surface area contributed by atoms with Gasteiger partial charge in [-0.25, -0.2) is 8.42 Å². The van der Waals surface area contributed by atoms with Gasteiger partial charge in [0.1, 0.15) is 10.0 Å². The fourth-order valence-electron chi connectivity index (χ4n) is 1.14. The number of carbonyl (C=O) groups is 1. The first-order valence-electron chi connectivity index (χ1n) is 6.39. The molecular formula is C13H21N3O4PdS. The molecule has 9 heteroatoms. The number of sulfonamides is 1. The fraction of sp³-hybridized carbons (Fsp3) is 0.462. The molecule has 0 aliphatic heterocycles. The number of nitrogens with zero attached hydrogens (tertiary/aromatic N) is 1. The maximum atomic E-state index is 11.6. The first-order valence-corrected chi connectivity index (χ1v) is 7.83. The van der Waals surface area contributed by atoms with E-state index in [1.807, 2.05) is 6.92 Å². The molecule has 22 heavy (non-hydrogen) atoms. The van der Waals surface area contributed by atoms with Crippen molar-refractivity contribution in [2.24, 2.45) is 11.5 Å². The average molecular weight is 422 g/mol. The van der Waals surface area contributed by atoms with Crippen molar-refractivity contribution in [2.45, 2.75) is 31.2 Å². The third-order valence-corrected chi connectivity index (χ3v) is 3.83. The Kier molecular flexibility index (Phi) is 12.5. The van der Waals surface area contributed by atoms with Crippen molar-refractivity contribution in [1.82, 2.24) is 0 Å². The van der Waals surface area contributed by atoms with E-state index >= 15 is 0 Å². The molecule has 1 rings (SSSR count). The Morgan fingerprint density at radius 1 is 1.23 bits per heavy atom. The number of nitrogens with two attached hydrogens (primary N) is 2. The molecule has 0 bridgehead atoms. The van der Waals surface area contributed by atoms with Crippen LogP contribution in [0.3, 0.4) is 0 Å². The van der Waals surface area contributed by atoms with E-state index in [0.717, 1.165) is 32.0 Å². The minimum Gasteiger partial charge on any atom is -0.552 e. The van der Waals surface area contributed by atoms with Crippen LogP contribution in [-0.4, -0.2) is 33.5 Å². The predicted octanol–water partition coefficient (Wildman–Crippen LogP) is -0.513. The second-order valence-electron chi connectivity index (χ2n) is 4.32. The predicted molar refractivity (Wildman–Crippen MR) is 78.9 cm³/mol. The summed E-state index contributed by atoms with van der Waals surface area (Å²) in [5.74, 6) is -1.52. The first-order chi connectivity index (χ1) is 9.74. The van der Waals surface area contributed by atoms with Gasteiger partial charge in [-0.3, -0.25) is 0 Å². The summed E-state index contributed by atoms with van der Waals surface area (Å²) in [7, 11) is -3.92. The van der Waals surface area contributed by atoms with E-state index in [1.165, 1.54) is 12.1 Å². The molecular weight excluding hydrogens is 401 g/mol. The monoisotopic (exact) mass is 421 g/mol. The molecule has 0 fully saturated rings. The number of rotatable bonds is 6. The molecule has 0 saturated heterocycles. The summed E-state index contributed by atoms with van der Waals surface area (Å²) in [5, 5.41) is 10.4. The van der Waals surface area contributed by atoms with Gasteiger partial charge in [-0.05, 0) is 38.6 Å². The van der Waals surface area contributed by atoms with Crippen molar-refractivity contribution < 1.29 is 38.7 Å². The molecule has 4 N–H and O–H groups in total. The van der Waals surface area contributed by atoms with E-state index in [4.69, 9.17) is 11.5 Å². The van der Waals surface area contributed by atoms with E-state index in [1.54, 1.807) is 12.1 Å². The van der Waals surface area contributed by atoms with E-state index in [0.29, 0.717) is 0 Å². The van der Waals surface area contributed by atoms with Gasteiger partial charge in [0.05, 0.1) is 0 Å². The third kappa shape index (κ3) is 9.25. The van der Waals surface area contributed by atoms with Crippen molar-refractivity contribution in [3.63, 3.8) is 0 Å². The number of aliphatic carboxylic acids is 1. The van der Waals surface area contributed by atoms with Gasteiger partial charge in [-0.1, -0.05) is 30.7 Å². The van der Waals surface area contributed by atoms with Crippen LogP contribution in [0.4, 0.5) is 0 Å². The van der Waals surface area contributed by atoms with E-state index in [-0.39, 0.29) is 25.3 Å². The Labute approximate surface area is 145 Å². The maximum absolute atomic E-state index is 11.6. The normalized spacial score (nSPS) is 11.6. The summed E-state index contributed by atoms with van der Waals surface area (Å²) in [5.41, 5.74) is 11.0. The Hall–Kier alpha value is -0.818. The SMILES string of the molecule is Cc1ccc(S(=O)(=O)[N-]C(C)C(=O)[O-])cc1.NCCCN.[Pd+2]. The molecule has 0 heterocycles. The Balaban J connectivity index is 0. The number of aryl methyl sites for hydroxylation is 1. The van der Waals surface area contributed by atoms with Crippen molar-refractivity contribution in [1.29, 1.82) is 0 Å². The number of carboxylic acids is 1. The summed E-state index contributed by atoms with van der Waals surface area (Å²) >= 11 is 0. The first kappa shape index (κ1) is 23.4. The standard InChI is InChI=1S/C10H12NO4S.C3H10N2.Pd/c1-7-3-5-9(6-4-7)16(14,15)11-8(2)10(12)13;4-2-1-3-5;/h3-6,8H,1-2H3,(H,12,13);1-5H2;/q-1;;+2/p-1. The molecule has 0 spiro atoms. The minimum absolute atomic E-state index is 0. The van der Waals surface area contributed by atoms with Crippen LogP contribution in [0.25, 0.3) is 4.72 Å². The van der Waals surface area contributed by atoms with Gasteiger partial charge in [0, 0.05) is 10.9 Å². The summed E-state index contributed by atoms with van der Waals surface area (Å²) in [6.45, 7) is 4.41. The fourth-order valence-corrected chi connectivity index (χ4v) is 2.24. The van der Waals surface area contributed by atoms with Gasteiger partial charge in [0.2, 0.25) is 0 Å². The molecule has 0 aliphatic carbocycles. The number of carboxylic acid groups (broad SMARTS) is 1. The van der Waals surface area contributed by atoms with Crippen LogP contribution in [0.2, 0.25) is 0 Å². The molecule has 1 aromatic carbocycles. The van der Waals surface area contributed by atoms with Gasteiger partial charge in [-0.15, -0.1) is 0 Å². The minimum atomic E-state index is -3.92. The Bertz CT molecular complexity index is 533. The summed E-state index contributed by atoms with van der Waals surface area (Å²) < 4.78 is 26.4. The molecule has 0 aliphatic rings. The summed E-state index contributed by atoms with van der Waals surface area (Å²) in [6.07, 6.45) is 0.944. The molecule has 0 aromatic heterocycles. The largest absolute Gasteiger partial charge is 2.00 e. The van der Waals surface area contributed by atoms with E-state index in [2.05, 4.69) is 4.72 Å². The molecule has 0 amide bonds. The average Bonchev–Trinajstić information content (AvgIpc) is 2.40. The van der Waals surface area contributed by atoms with Gasteiger partial charge >= 0.3 is 20.4 Å². The van der Waals surface area contributed by atoms with E-state index in [9.17, 15) is 18.3 Å². The van der Waals surface area contributed by atoms with Crippen LogP contribution >= 0.6 is 0 Å². The maximum Gasteiger partial charge on any atom is 2.00 e. The second-order valence-corrected chi connectivity index (χ2v) is 5.95. The molecule has 1 aromatic rings. The molecule has 1 unspecified atom stereocenters. The Morgan fingerprint density at radius 2 is 1.68 bits per heavy atom. The number of hydrogen-bond acceptors (Lipinski definition) is 6. The number of hydrogen-bond donors (Lipinski definition) is 2. The van der Waals surface area contributed by atoms with Gasteiger partial charge in [0.25, 0.3) is 0 Å². The smallest absolute Gasteiger partial charge is 0.552 e. The molecule has 0 saturated carbocycles. The molecule has 128 valence electrons. The third-order valence-electron chi connectivity index (χ3n) is 2.37. The van der Waals surface area contributed by atoms with Crippen molar-refractivity contribution in [2.75, 3.05) is 13.1 Å². The Morgan fingerprint density at radius 3 is 2.00 bits per heavy atom. The van der Waals surface area contributed by atoms with Crippen molar-refractivity contribution in [3.05, 3.63) is 34.6 Å². The number of benzene rings is 1. The molecule has 0 radical (unpaired) electrons. The topological polar surface area (TPSA) is 140 Å². The van der Waals surface area contributed by atoms with Gasteiger partial charge in [-0.2, -0.15) is 0 Å². The van der Waals surface area contributed by atoms with Gasteiger partial charge in [0.15, 0.2) is 0 Å². The van der Waals surface area contributed by atoms with E-state index < -0.39 is 22.0 Å². The van der Waals surface area contributed by atoms with Gasteiger partial charge < -0.3 is 26.1 Å². The summed E-state index contributed by atoms with van der Waals surface area (Å²) in [4.78, 5) is 10.4. The molecule has 1 atom stereocenters. The zero-order valence-corrected chi connectivity index (χ0v) is 14.8. The molecule has 7 nitrogen and oxygen atoms in total. The number of carbonyl (C=O) groups excluding carboxylic acids is 1. The zero-order valence-electron chi connectivity index (χ0n) is 12.5. The summed E-state index contributed by atoms with van der Waals surface area (Å²) in [6, 6.07) is 4.62. The van der Waals surface area contributed by atoms with Crippen LogP contribution in [-0.2, 0) is 35.2 Å². The van der Waals surface area contributed by atoms with Crippen molar-refractivity contribution >= 4 is 16.0 Å². The van der Waals surface area contributed by atoms with Crippen LogP contribution in [0.15, 0.2) is 29.2 Å².